The van der Waals surface area contributed by atoms with Gasteiger partial charge in [-0.1, -0.05) is 25.2 Å². The first-order valence-corrected chi connectivity index (χ1v) is 7.66. The third-order valence-corrected chi connectivity index (χ3v) is 5.05. The smallest absolute Gasteiger partial charge is 0.185 e. The van der Waals surface area contributed by atoms with Crippen molar-refractivity contribution in [3.05, 3.63) is 34.7 Å². The second-order valence-corrected chi connectivity index (χ2v) is 7.37. The Labute approximate surface area is 123 Å². The van der Waals surface area contributed by atoms with Crippen molar-refractivity contribution in [1.82, 2.24) is 4.98 Å². The van der Waals surface area contributed by atoms with Crippen molar-refractivity contribution in [2.45, 2.75) is 39.3 Å². The van der Waals surface area contributed by atoms with Crippen molar-refractivity contribution in [3.63, 3.8) is 0 Å². The number of anilines is 1. The SMILES string of the molecule is CN(Cc1ccoc1)c1nc2c(s1)C(O)CC(C)(C)C2. The molecule has 2 aromatic rings. The molecule has 3 rings (SSSR count). The summed E-state index contributed by atoms with van der Waals surface area (Å²) >= 11 is 1.61. The molecule has 1 aliphatic rings. The lowest BCUT2D eigenvalue weighted by atomic mass is 9.77. The number of rotatable bonds is 3. The lowest BCUT2D eigenvalue weighted by Crippen LogP contribution is -2.24. The van der Waals surface area contributed by atoms with Crippen molar-refractivity contribution in [2.24, 2.45) is 5.41 Å². The Bertz CT molecular complexity index is 589. The normalized spacial score (nSPS) is 20.7. The zero-order valence-electron chi connectivity index (χ0n) is 12.1. The van der Waals surface area contributed by atoms with Crippen LogP contribution in [0.4, 0.5) is 5.13 Å². The molecule has 1 aliphatic carbocycles. The van der Waals surface area contributed by atoms with E-state index in [0.29, 0.717) is 0 Å². The van der Waals surface area contributed by atoms with Gasteiger partial charge >= 0.3 is 0 Å². The minimum atomic E-state index is -0.373. The molecular formula is C15H20N2O2S. The second-order valence-electron chi connectivity index (χ2n) is 6.36. The van der Waals surface area contributed by atoms with Crippen LogP contribution in [-0.2, 0) is 13.0 Å². The fraction of sp³-hybridized carbons (Fsp3) is 0.533. The molecule has 0 saturated heterocycles. The molecule has 2 aromatic heterocycles. The predicted molar refractivity (Wildman–Crippen MR) is 80.0 cm³/mol. The van der Waals surface area contributed by atoms with E-state index < -0.39 is 0 Å². The van der Waals surface area contributed by atoms with E-state index in [4.69, 9.17) is 9.40 Å². The first-order valence-electron chi connectivity index (χ1n) is 6.84. The summed E-state index contributed by atoms with van der Waals surface area (Å²) in [6.45, 7) is 5.14. The fourth-order valence-corrected chi connectivity index (χ4v) is 3.79. The quantitative estimate of drug-likeness (QED) is 0.942. The van der Waals surface area contributed by atoms with Crippen LogP contribution in [0, 0.1) is 5.41 Å². The first-order chi connectivity index (χ1) is 9.44. The van der Waals surface area contributed by atoms with Crippen molar-refractivity contribution in [3.8, 4) is 0 Å². The van der Waals surface area contributed by atoms with Crippen molar-refractivity contribution in [2.75, 3.05) is 11.9 Å². The Hall–Kier alpha value is -1.33. The van der Waals surface area contributed by atoms with Crippen LogP contribution >= 0.6 is 11.3 Å². The molecule has 4 nitrogen and oxygen atoms in total. The van der Waals surface area contributed by atoms with E-state index in [1.54, 1.807) is 23.9 Å². The minimum Gasteiger partial charge on any atom is -0.472 e. The van der Waals surface area contributed by atoms with Gasteiger partial charge in [-0.3, -0.25) is 0 Å². The third kappa shape index (κ3) is 2.60. The highest BCUT2D eigenvalue weighted by Crippen LogP contribution is 2.44. The van der Waals surface area contributed by atoms with Gasteiger partial charge in [0.15, 0.2) is 5.13 Å². The van der Waals surface area contributed by atoms with Crippen LogP contribution in [0.1, 0.15) is 42.5 Å². The van der Waals surface area contributed by atoms with E-state index in [-0.39, 0.29) is 11.5 Å². The highest BCUT2D eigenvalue weighted by Gasteiger charge is 2.34. The van der Waals surface area contributed by atoms with Crippen molar-refractivity contribution >= 4 is 16.5 Å². The minimum absolute atomic E-state index is 0.126. The third-order valence-electron chi connectivity index (χ3n) is 3.74. The van der Waals surface area contributed by atoms with Gasteiger partial charge in [0.1, 0.15) is 0 Å². The Balaban J connectivity index is 1.82. The summed E-state index contributed by atoms with van der Waals surface area (Å²) in [5, 5.41) is 11.3. The molecule has 1 atom stereocenters. The molecule has 2 heterocycles. The van der Waals surface area contributed by atoms with Crippen LogP contribution < -0.4 is 4.90 Å². The number of aromatic nitrogens is 1. The maximum Gasteiger partial charge on any atom is 0.185 e. The fourth-order valence-electron chi connectivity index (χ4n) is 2.77. The number of furan rings is 1. The monoisotopic (exact) mass is 292 g/mol. The highest BCUT2D eigenvalue weighted by molar-refractivity contribution is 7.15. The molecule has 20 heavy (non-hydrogen) atoms. The van der Waals surface area contributed by atoms with Crippen LogP contribution in [-0.4, -0.2) is 17.1 Å². The number of hydrogen-bond acceptors (Lipinski definition) is 5. The van der Waals surface area contributed by atoms with Gasteiger partial charge < -0.3 is 14.4 Å². The van der Waals surface area contributed by atoms with Gasteiger partial charge in [0.05, 0.1) is 29.2 Å². The largest absolute Gasteiger partial charge is 0.472 e. The van der Waals surface area contributed by atoms with Gasteiger partial charge in [-0.05, 0) is 24.3 Å². The summed E-state index contributed by atoms with van der Waals surface area (Å²) < 4.78 is 5.09. The van der Waals surface area contributed by atoms with Crippen LogP contribution in [0.3, 0.4) is 0 Å². The second kappa shape index (κ2) is 4.90. The van der Waals surface area contributed by atoms with Crippen molar-refractivity contribution < 1.29 is 9.52 Å². The number of aliphatic hydroxyl groups is 1. The van der Waals surface area contributed by atoms with Crippen LogP contribution in [0.2, 0.25) is 0 Å². The van der Waals surface area contributed by atoms with E-state index in [9.17, 15) is 5.11 Å². The van der Waals surface area contributed by atoms with E-state index in [0.717, 1.165) is 40.7 Å². The molecule has 0 aliphatic heterocycles. The molecular weight excluding hydrogens is 272 g/mol. The molecule has 0 aromatic carbocycles. The van der Waals surface area contributed by atoms with Gasteiger partial charge in [0.25, 0.3) is 0 Å². The van der Waals surface area contributed by atoms with Crippen molar-refractivity contribution in [1.29, 1.82) is 0 Å². The Morgan fingerprint density at radius 3 is 3.05 bits per heavy atom. The lowest BCUT2D eigenvalue weighted by Gasteiger charge is -2.31. The molecule has 0 amide bonds. The predicted octanol–water partition coefficient (Wildman–Crippen LogP) is 3.38. The number of hydrogen-bond donors (Lipinski definition) is 1. The van der Waals surface area contributed by atoms with Gasteiger partial charge in [-0.15, -0.1) is 0 Å². The van der Waals surface area contributed by atoms with Gasteiger partial charge in [-0.2, -0.15) is 0 Å². The Morgan fingerprint density at radius 1 is 1.55 bits per heavy atom. The summed E-state index contributed by atoms with van der Waals surface area (Å²) in [6.07, 6.45) is 4.81. The molecule has 1 unspecified atom stereocenters. The summed E-state index contributed by atoms with van der Waals surface area (Å²) in [6, 6.07) is 1.96. The number of nitrogens with zero attached hydrogens (tertiary/aromatic N) is 2. The van der Waals surface area contributed by atoms with E-state index in [1.807, 2.05) is 13.1 Å². The number of fused-ring (bicyclic) bond motifs is 1. The number of aliphatic hydroxyl groups excluding tert-OH is 1. The molecule has 0 bridgehead atoms. The molecule has 0 radical (unpaired) electrons. The van der Waals surface area contributed by atoms with E-state index >= 15 is 0 Å². The molecule has 108 valence electrons. The first kappa shape index (κ1) is 13.6. The highest BCUT2D eigenvalue weighted by atomic mass is 32.1. The lowest BCUT2D eigenvalue weighted by molar-refractivity contribution is 0.102. The van der Waals surface area contributed by atoms with Gasteiger partial charge in [0.2, 0.25) is 0 Å². The average Bonchev–Trinajstić information content (AvgIpc) is 2.96. The molecule has 0 saturated carbocycles. The maximum atomic E-state index is 10.3. The average molecular weight is 292 g/mol. The summed E-state index contributed by atoms with van der Waals surface area (Å²) in [7, 11) is 2.02. The zero-order valence-corrected chi connectivity index (χ0v) is 12.9. The molecule has 1 N–H and O–H groups in total. The summed E-state index contributed by atoms with van der Waals surface area (Å²) in [5.41, 5.74) is 2.32. The summed E-state index contributed by atoms with van der Waals surface area (Å²) in [4.78, 5) is 7.88. The van der Waals surface area contributed by atoms with Crippen LogP contribution in [0.5, 0.6) is 0 Å². The van der Waals surface area contributed by atoms with Gasteiger partial charge in [-0.25, -0.2) is 4.98 Å². The van der Waals surface area contributed by atoms with E-state index in [1.165, 1.54) is 0 Å². The van der Waals surface area contributed by atoms with Crippen LogP contribution in [0.15, 0.2) is 23.0 Å². The van der Waals surface area contributed by atoms with Gasteiger partial charge in [0, 0.05) is 19.2 Å². The topological polar surface area (TPSA) is 49.5 Å². The standard InChI is InChI=1S/C15H20N2O2S/c1-15(2)6-11-13(12(18)7-15)20-14(16-11)17(3)8-10-4-5-19-9-10/h4-5,9,12,18H,6-8H2,1-3H3. The van der Waals surface area contributed by atoms with E-state index in [2.05, 4.69) is 18.7 Å². The number of thiazole rings is 1. The Kier molecular flexibility index (Phi) is 3.34. The molecule has 5 heteroatoms. The zero-order chi connectivity index (χ0) is 14.3. The Morgan fingerprint density at radius 2 is 2.35 bits per heavy atom. The maximum absolute atomic E-state index is 10.3. The molecule has 0 fully saturated rings. The van der Waals surface area contributed by atoms with Crippen LogP contribution in [0.25, 0.3) is 0 Å². The molecule has 0 spiro atoms. The summed E-state index contributed by atoms with van der Waals surface area (Å²) in [5.74, 6) is 0.